The number of para-hydroxylation sites is 1. The molecule has 125 heavy (non-hydrogen) atoms. The number of anilines is 2. The quantitative estimate of drug-likeness (QED) is 0.0128. The van der Waals surface area contributed by atoms with E-state index in [0.29, 0.717) is 29.1 Å². The van der Waals surface area contributed by atoms with Crippen LogP contribution in [0.25, 0.3) is 90.9 Å². The Morgan fingerprint density at radius 1 is 0.440 bits per heavy atom. The number of imide groups is 1. The van der Waals surface area contributed by atoms with Crippen LogP contribution in [0.3, 0.4) is 0 Å². The third-order valence-corrected chi connectivity index (χ3v) is 20.8. The number of likely N-dealkylation sites (N-methyl/N-ethyl adjacent to an activating group) is 2. The zero-order chi connectivity index (χ0) is 88.3. The number of ether oxygens (including phenoxy) is 2. The molecule has 0 saturated carbocycles. The second kappa shape index (κ2) is 43.5. The van der Waals surface area contributed by atoms with E-state index in [-0.39, 0.29) is 75.8 Å². The van der Waals surface area contributed by atoms with Crippen LogP contribution in [0.5, 0.6) is 0 Å². The number of hydrogen-bond donors (Lipinski definition) is 10. The molecule has 642 valence electrons. The Morgan fingerprint density at radius 2 is 0.880 bits per heavy atom. The van der Waals surface area contributed by atoms with Crippen molar-refractivity contribution in [2.45, 2.75) is 90.6 Å². The zero-order valence-corrected chi connectivity index (χ0v) is 70.2. The van der Waals surface area contributed by atoms with Crippen molar-refractivity contribution < 1.29 is 62.2 Å². The summed E-state index contributed by atoms with van der Waals surface area (Å²) in [7, 11) is 2.71. The van der Waals surface area contributed by atoms with Crippen LogP contribution in [-0.4, -0.2) is 178 Å². The average Bonchev–Trinajstić information content (AvgIpc) is 1.61. The standard InChI is InChI=1S/C97H101N15O13/c1-62(2)55-81(94(120)102-57-85(115)99-53-54-100-86(116)58-110(4)96(122)124-60-64-25-11-6-12-26-64)109-93(119)63(3)103-72-36-22-21-35-71(72)83(113)56-101-95(121)82(37-23-24-52-98)112(88(118)59-111(5)97(123)125-61-65-27-13-7-14-28-65)87(117)51-50-84(114)104-70-40-38-69(39-41-70)92-79-48-46-77(107-79)90(67-31-17-9-18-32-67)75-44-42-73(105-75)89(66-29-15-8-16-30-66)74-43-45-76(106-74)91(68-33-19-10-20-34-68)78-47-49-80(92)108-78/h6-22,25-36,38-49,62-63,81-82,103,105,108H,23-24,37,50-61,98H2,1-5H3,(H,99,115)(H,100,116)(H,101,121)(H,102,120)(H,104,114)(H,109,119). The highest BCUT2D eigenvalue weighted by Gasteiger charge is 2.37. The van der Waals surface area contributed by atoms with Crippen molar-refractivity contribution in [1.82, 2.24) is 61.2 Å². The normalized spacial score (nSPS) is 12.0. The second-order valence-electron chi connectivity index (χ2n) is 30.6. The van der Waals surface area contributed by atoms with Gasteiger partial charge in [-0.05, 0) is 151 Å². The summed E-state index contributed by atoms with van der Waals surface area (Å²) in [5.41, 5.74) is 21.1. The number of ketones is 1. The molecule has 28 nitrogen and oxygen atoms in total. The SMILES string of the molecule is CC(C)CC(NC(=O)C(C)Nc1ccccc1C(=O)CNC(=O)C(CCCCN)N(C(=O)CCC(=O)Nc1ccc(-c2c3nc(c(-c4ccccc4)c4ccc([nH]4)c(-c4ccccc4)c4nc(c(-c5ccccc5)c5ccc2[nH]5)C=C4)C=C3)cc1)C(=O)CN(C)C(=O)OCc1ccccc1)C(=O)NCC(=O)NCCNC(=O)CN(C)C(=O)OCc1ccccc1. The van der Waals surface area contributed by atoms with Crippen molar-refractivity contribution in [3.63, 3.8) is 0 Å². The summed E-state index contributed by atoms with van der Waals surface area (Å²) in [6, 6.07) is 66.0. The number of amides is 10. The summed E-state index contributed by atoms with van der Waals surface area (Å²) >= 11 is 0. The molecule has 2 aliphatic heterocycles. The summed E-state index contributed by atoms with van der Waals surface area (Å²) in [6.07, 6.45) is 6.03. The number of nitrogens with one attached hydrogen (secondary N) is 9. The Labute approximate surface area is 723 Å². The Morgan fingerprint density at radius 3 is 1.36 bits per heavy atom. The predicted molar refractivity (Wildman–Crippen MR) is 483 cm³/mol. The van der Waals surface area contributed by atoms with Gasteiger partial charge in [0.1, 0.15) is 44.4 Å². The summed E-state index contributed by atoms with van der Waals surface area (Å²) in [5, 5.41) is 19.1. The van der Waals surface area contributed by atoms with Crippen LogP contribution in [0.1, 0.15) is 104 Å². The minimum absolute atomic E-state index is 0.00343. The van der Waals surface area contributed by atoms with Crippen LogP contribution in [0, 0.1) is 5.92 Å². The van der Waals surface area contributed by atoms with E-state index in [1.54, 1.807) is 72.8 Å². The van der Waals surface area contributed by atoms with Gasteiger partial charge in [0.15, 0.2) is 5.78 Å². The summed E-state index contributed by atoms with van der Waals surface area (Å²) in [6.45, 7) is 3.11. The number of aromatic amines is 2. The lowest BCUT2D eigenvalue weighted by atomic mass is 10.0. The maximum atomic E-state index is 14.9. The molecule has 0 saturated heterocycles. The lowest BCUT2D eigenvalue weighted by Crippen LogP contribution is -2.55. The molecule has 5 heterocycles. The van der Waals surface area contributed by atoms with Gasteiger partial charge in [0.25, 0.3) is 0 Å². The number of carbonyl (C=O) groups excluding carboxylic acids is 11. The first kappa shape index (κ1) is 89.3. The number of fused-ring (bicyclic) bond motifs is 8. The molecule has 10 amide bonds. The van der Waals surface area contributed by atoms with Crippen LogP contribution in [0.2, 0.25) is 0 Å². The van der Waals surface area contributed by atoms with E-state index < -0.39 is 116 Å². The van der Waals surface area contributed by atoms with Crippen LogP contribution >= 0.6 is 0 Å². The van der Waals surface area contributed by atoms with E-state index in [2.05, 4.69) is 102 Å². The van der Waals surface area contributed by atoms with Gasteiger partial charge in [-0.15, -0.1) is 0 Å². The molecular formula is C97H101N15O13. The van der Waals surface area contributed by atoms with Crippen molar-refractivity contribution in [2.24, 2.45) is 11.7 Å². The van der Waals surface area contributed by atoms with Gasteiger partial charge < -0.3 is 72.2 Å². The van der Waals surface area contributed by atoms with Crippen LogP contribution in [0.15, 0.2) is 224 Å². The number of rotatable bonds is 37. The molecular weight excluding hydrogens is 1580 g/mol. The minimum atomic E-state index is -1.59. The topological polar surface area (TPSA) is 384 Å². The molecule has 0 fully saturated rings. The first-order chi connectivity index (χ1) is 60.5. The Kier molecular flexibility index (Phi) is 31.1. The summed E-state index contributed by atoms with van der Waals surface area (Å²) < 4.78 is 10.8. The monoisotopic (exact) mass is 1680 g/mol. The first-order valence-electron chi connectivity index (χ1n) is 41.5. The van der Waals surface area contributed by atoms with E-state index >= 15 is 0 Å². The van der Waals surface area contributed by atoms with E-state index in [1.165, 1.54) is 27.1 Å². The molecule has 12 rings (SSSR count). The Bertz CT molecular complexity index is 5750. The van der Waals surface area contributed by atoms with Crippen molar-refractivity contribution >= 4 is 123 Å². The van der Waals surface area contributed by atoms with Crippen LogP contribution < -0.4 is 43.0 Å². The van der Waals surface area contributed by atoms with Gasteiger partial charge in [0.05, 0.1) is 35.9 Å². The maximum Gasteiger partial charge on any atom is 0.410 e. The van der Waals surface area contributed by atoms with Gasteiger partial charge in [-0.25, -0.2) is 19.6 Å². The van der Waals surface area contributed by atoms with Crippen molar-refractivity contribution in [1.29, 1.82) is 0 Å². The Hall–Kier alpha value is -14.9. The lowest BCUT2D eigenvalue weighted by Gasteiger charge is -2.31. The van der Waals surface area contributed by atoms with Gasteiger partial charge in [-0.3, -0.25) is 48.1 Å². The van der Waals surface area contributed by atoms with Gasteiger partial charge in [-0.2, -0.15) is 0 Å². The number of H-pyrrole nitrogens is 2. The number of Topliss-reactive ketones (excluding diaryl/α,β-unsaturated/α-hetero) is 1. The minimum Gasteiger partial charge on any atom is -0.445 e. The van der Waals surface area contributed by atoms with E-state index in [0.717, 1.165) is 98.2 Å². The highest BCUT2D eigenvalue weighted by molar-refractivity contribution is 6.08. The summed E-state index contributed by atoms with van der Waals surface area (Å²) in [4.78, 5) is 173. The number of hydrogen-bond acceptors (Lipinski definition) is 17. The maximum absolute atomic E-state index is 14.9. The fraction of sp³-hybridized carbons (Fsp3) is 0.247. The molecule has 10 aromatic rings. The molecule has 0 radical (unpaired) electrons. The highest BCUT2D eigenvalue weighted by atomic mass is 16.6. The fourth-order valence-corrected chi connectivity index (χ4v) is 14.5. The van der Waals surface area contributed by atoms with E-state index in [9.17, 15) is 52.7 Å². The van der Waals surface area contributed by atoms with Crippen molar-refractivity contribution in [2.75, 3.05) is 70.5 Å². The average molecular weight is 1680 g/mol. The third-order valence-electron chi connectivity index (χ3n) is 20.8. The molecule has 3 aromatic heterocycles. The summed E-state index contributed by atoms with van der Waals surface area (Å²) in [5.74, 6) is -6.57. The van der Waals surface area contributed by atoms with Gasteiger partial charge in [0, 0.05) is 101 Å². The highest BCUT2D eigenvalue weighted by Crippen LogP contribution is 2.39. The molecule has 11 N–H and O–H groups in total. The fourth-order valence-electron chi connectivity index (χ4n) is 14.5. The van der Waals surface area contributed by atoms with Crippen molar-refractivity contribution in [3.05, 3.63) is 264 Å². The zero-order valence-electron chi connectivity index (χ0n) is 70.2. The van der Waals surface area contributed by atoms with Crippen LogP contribution in [0.4, 0.5) is 21.0 Å². The smallest absolute Gasteiger partial charge is 0.410 e. The molecule has 8 bridgehead atoms. The van der Waals surface area contributed by atoms with Crippen molar-refractivity contribution in [3.8, 4) is 44.5 Å². The number of nitrogens with two attached hydrogens (primary N) is 1. The molecule has 3 unspecified atom stereocenters. The number of nitrogens with zero attached hydrogens (tertiary/aromatic N) is 5. The Balaban J connectivity index is 0.729. The number of benzene rings is 7. The van der Waals surface area contributed by atoms with E-state index in [4.69, 9.17) is 25.2 Å². The van der Waals surface area contributed by atoms with Crippen LogP contribution in [-0.2, 0) is 61.0 Å². The predicted octanol–water partition coefficient (Wildman–Crippen LogP) is 13.1. The number of aromatic nitrogens is 4. The van der Waals surface area contributed by atoms with Gasteiger partial charge in [-0.1, -0.05) is 190 Å². The van der Waals surface area contributed by atoms with Gasteiger partial charge >= 0.3 is 12.2 Å². The van der Waals surface area contributed by atoms with E-state index in [1.807, 2.05) is 129 Å². The second-order valence-corrected chi connectivity index (χ2v) is 30.6. The molecule has 0 spiro atoms. The number of unbranched alkanes of at least 4 members (excludes halogenated alkanes) is 1. The largest absolute Gasteiger partial charge is 0.445 e. The lowest BCUT2D eigenvalue weighted by molar-refractivity contribution is -0.153. The molecule has 7 aromatic carbocycles. The molecule has 3 atom stereocenters. The molecule has 2 aliphatic rings. The third kappa shape index (κ3) is 24.3. The van der Waals surface area contributed by atoms with Gasteiger partial charge in [0.2, 0.25) is 47.3 Å². The first-order valence-corrected chi connectivity index (χ1v) is 41.5. The molecule has 0 aliphatic carbocycles. The number of carbonyl (C=O) groups is 11. The molecule has 28 heteroatoms.